The number of hydrogen-bond acceptors (Lipinski definition) is 12. The highest BCUT2D eigenvalue weighted by molar-refractivity contribution is 6.06. The number of benzene rings is 1. The number of ether oxygens (including phenoxy) is 3. The highest BCUT2D eigenvalue weighted by Gasteiger charge is 2.27. The number of nitrogens with zero attached hydrogens (tertiary/aromatic N) is 5. The molecule has 3 N–H and O–H groups in total. The smallest absolute Gasteiger partial charge is 0.306 e. The number of nitrogens with one attached hydrogen (secondary N) is 1. The lowest BCUT2D eigenvalue weighted by atomic mass is 10.1. The van der Waals surface area contributed by atoms with Crippen molar-refractivity contribution in [2.75, 3.05) is 65.3 Å². The first kappa shape index (κ1) is 66.0. The first-order chi connectivity index (χ1) is 37.0. The number of para-hydroxylation sites is 1. The van der Waals surface area contributed by atoms with Crippen LogP contribution in [0.2, 0.25) is 0 Å². The molecule has 0 spiro atoms. The SMILES string of the molecule is CCCCCC/C=C/COC(=O)CCCCCCCCN(CCCCCCCCC(=O)OC/C=C/CCCCCC)CCCN(C)CCCCCC(=O)OC(C)(C)Cn1c(CNCC)nc2c(N)nc3ccccc3c21. The van der Waals surface area contributed by atoms with E-state index in [0.29, 0.717) is 56.9 Å². The minimum absolute atomic E-state index is 0.0766. The first-order valence-electron chi connectivity index (χ1n) is 30.5. The number of nitrogens with two attached hydrogens (primary N) is 1. The topological polar surface area (TPSA) is 154 Å². The Morgan fingerprint density at radius 2 is 1.09 bits per heavy atom. The van der Waals surface area contributed by atoms with Crippen molar-refractivity contribution in [3.63, 3.8) is 0 Å². The summed E-state index contributed by atoms with van der Waals surface area (Å²) in [6.45, 7) is 18.5. The lowest BCUT2D eigenvalue weighted by Gasteiger charge is -2.27. The number of unbranched alkanes of at least 4 members (excludes halogenated alkanes) is 20. The Kier molecular flexibility index (Phi) is 36.2. The van der Waals surface area contributed by atoms with Crippen LogP contribution >= 0.6 is 0 Å². The third kappa shape index (κ3) is 30.0. The second-order valence-electron chi connectivity index (χ2n) is 21.9. The zero-order valence-corrected chi connectivity index (χ0v) is 49.0. The van der Waals surface area contributed by atoms with Crippen molar-refractivity contribution in [2.24, 2.45) is 0 Å². The highest BCUT2D eigenvalue weighted by Crippen LogP contribution is 2.31. The number of imidazole rings is 1. The van der Waals surface area contributed by atoms with E-state index in [-0.39, 0.29) is 17.9 Å². The Hall–Kier alpha value is -4.33. The van der Waals surface area contributed by atoms with Gasteiger partial charge in [-0.3, -0.25) is 14.4 Å². The molecule has 0 fully saturated rings. The van der Waals surface area contributed by atoms with Crippen LogP contribution in [-0.2, 0) is 41.7 Å². The summed E-state index contributed by atoms with van der Waals surface area (Å²) in [6, 6.07) is 7.97. The zero-order chi connectivity index (χ0) is 54.9. The third-order valence-corrected chi connectivity index (χ3v) is 14.3. The molecule has 13 nitrogen and oxygen atoms in total. The summed E-state index contributed by atoms with van der Waals surface area (Å²) >= 11 is 0. The number of nitrogen functional groups attached to an aromatic ring is 1. The van der Waals surface area contributed by atoms with Crippen molar-refractivity contribution in [1.29, 1.82) is 0 Å². The number of carbonyl (C=O) groups is 3. The van der Waals surface area contributed by atoms with Crippen molar-refractivity contribution in [2.45, 2.75) is 240 Å². The van der Waals surface area contributed by atoms with Crippen molar-refractivity contribution < 1.29 is 28.6 Å². The van der Waals surface area contributed by atoms with Crippen LogP contribution in [-0.4, -0.2) is 107 Å². The van der Waals surface area contributed by atoms with Gasteiger partial charge in [0.05, 0.1) is 24.1 Å². The number of pyridine rings is 1. The number of anilines is 1. The summed E-state index contributed by atoms with van der Waals surface area (Å²) in [7, 11) is 2.22. The fourth-order valence-electron chi connectivity index (χ4n) is 9.86. The molecular weight excluding hydrogens is 951 g/mol. The molecule has 0 aliphatic rings. The van der Waals surface area contributed by atoms with Gasteiger partial charge in [-0.1, -0.05) is 160 Å². The molecule has 0 saturated carbocycles. The second-order valence-corrected chi connectivity index (χ2v) is 21.9. The number of aromatic nitrogens is 3. The van der Waals surface area contributed by atoms with E-state index in [0.717, 1.165) is 139 Å². The number of esters is 3. The fourth-order valence-corrected chi connectivity index (χ4v) is 9.86. The average Bonchev–Trinajstić information content (AvgIpc) is 3.75. The summed E-state index contributed by atoms with van der Waals surface area (Å²) < 4.78 is 19.1. The molecule has 0 atom stereocenters. The van der Waals surface area contributed by atoms with E-state index in [1.807, 2.05) is 50.3 Å². The van der Waals surface area contributed by atoms with Gasteiger partial charge in [-0.25, -0.2) is 9.97 Å². The normalized spacial score (nSPS) is 12.2. The van der Waals surface area contributed by atoms with Gasteiger partial charge in [-0.15, -0.1) is 0 Å². The van der Waals surface area contributed by atoms with Gasteiger partial charge in [0.15, 0.2) is 5.82 Å². The second kappa shape index (κ2) is 41.7. The average molecular weight is 1060 g/mol. The third-order valence-electron chi connectivity index (χ3n) is 14.3. The lowest BCUT2D eigenvalue weighted by Crippen LogP contribution is -2.34. The van der Waals surface area contributed by atoms with Crippen LogP contribution in [0, 0.1) is 0 Å². The largest absolute Gasteiger partial charge is 0.461 e. The van der Waals surface area contributed by atoms with Crippen molar-refractivity contribution in [3.8, 4) is 0 Å². The molecule has 0 unspecified atom stereocenters. The van der Waals surface area contributed by atoms with E-state index >= 15 is 0 Å². The van der Waals surface area contributed by atoms with Crippen LogP contribution in [0.5, 0.6) is 0 Å². The zero-order valence-electron chi connectivity index (χ0n) is 49.0. The molecular formula is C63H107N7O6. The predicted molar refractivity (Wildman–Crippen MR) is 316 cm³/mol. The molecule has 430 valence electrons. The van der Waals surface area contributed by atoms with Crippen LogP contribution in [0.3, 0.4) is 0 Å². The van der Waals surface area contributed by atoms with Crippen LogP contribution in [0.1, 0.15) is 227 Å². The Morgan fingerprint density at radius 1 is 0.605 bits per heavy atom. The molecule has 76 heavy (non-hydrogen) atoms. The number of allylic oxidation sites excluding steroid dienone is 2. The summed E-state index contributed by atoms with van der Waals surface area (Å²) in [5.41, 5.74) is 8.06. The number of fused-ring (bicyclic) bond motifs is 3. The van der Waals surface area contributed by atoms with E-state index < -0.39 is 5.60 Å². The Balaban J connectivity index is 1.34. The molecule has 2 aromatic heterocycles. The van der Waals surface area contributed by atoms with Gasteiger partial charge in [-0.05, 0) is 137 Å². The number of rotatable bonds is 48. The Morgan fingerprint density at radius 3 is 1.67 bits per heavy atom. The maximum Gasteiger partial charge on any atom is 0.306 e. The maximum atomic E-state index is 13.2. The van der Waals surface area contributed by atoms with Crippen LogP contribution in [0.15, 0.2) is 48.6 Å². The van der Waals surface area contributed by atoms with E-state index in [1.165, 1.54) is 89.9 Å². The lowest BCUT2D eigenvalue weighted by molar-refractivity contribution is -0.157. The molecule has 0 bridgehead atoms. The van der Waals surface area contributed by atoms with Gasteiger partial charge >= 0.3 is 17.9 Å². The quantitative estimate of drug-likeness (QED) is 0.0239. The summed E-state index contributed by atoms with van der Waals surface area (Å²) in [6.07, 6.45) is 39.4. The Bertz CT molecular complexity index is 2010. The highest BCUT2D eigenvalue weighted by atomic mass is 16.6. The van der Waals surface area contributed by atoms with E-state index in [4.69, 9.17) is 24.9 Å². The monoisotopic (exact) mass is 1060 g/mol. The molecule has 2 heterocycles. The van der Waals surface area contributed by atoms with Gasteiger partial charge in [0, 0.05) is 24.6 Å². The van der Waals surface area contributed by atoms with Crippen molar-refractivity contribution in [1.82, 2.24) is 29.7 Å². The molecule has 0 aliphatic heterocycles. The summed E-state index contributed by atoms with van der Waals surface area (Å²) in [4.78, 5) is 52.2. The summed E-state index contributed by atoms with van der Waals surface area (Å²) in [5, 5.41) is 4.37. The molecule has 0 saturated heterocycles. The molecule has 1 aromatic carbocycles. The van der Waals surface area contributed by atoms with Crippen molar-refractivity contribution in [3.05, 3.63) is 54.4 Å². The van der Waals surface area contributed by atoms with E-state index in [9.17, 15) is 14.4 Å². The minimum Gasteiger partial charge on any atom is -0.461 e. The molecule has 0 aliphatic carbocycles. The van der Waals surface area contributed by atoms with Gasteiger partial charge in [0.1, 0.15) is 30.2 Å². The Labute approximate surface area is 461 Å². The van der Waals surface area contributed by atoms with E-state index in [1.54, 1.807) is 0 Å². The van der Waals surface area contributed by atoms with Crippen molar-refractivity contribution >= 4 is 45.7 Å². The van der Waals surface area contributed by atoms with E-state index in [2.05, 4.69) is 64.6 Å². The standard InChI is InChI=1S/C63H107N7O6/c1-7-10-12-14-20-26-37-50-74-57(71)42-29-22-16-18-24-35-47-69(48-36-25-19-17-23-30-43-58(72)75-51-38-27-21-15-13-11-8-2)49-39-46-68(6)45-34-28-31-44-59(73)76-63(4,5)53-70-56(52-65-9-3)67-60-61(70)54-40-32-33-41-55(54)66-62(60)64/h26-27,32-33,37-38,40-41,65H,7-25,28-31,34-36,39,42-53H2,1-6H3,(H2,64,66)/b37-26+,38-27+. The minimum atomic E-state index is -0.759. The van der Waals surface area contributed by atoms with Gasteiger partial charge in [0.2, 0.25) is 0 Å². The van der Waals surface area contributed by atoms with Gasteiger partial charge in [-0.2, -0.15) is 0 Å². The number of carbonyl (C=O) groups excluding carboxylic acids is 3. The molecule has 13 heteroatoms. The fraction of sp³-hybridized carbons (Fsp3) is 0.730. The first-order valence-corrected chi connectivity index (χ1v) is 30.5. The number of hydrogen-bond donors (Lipinski definition) is 2. The maximum absolute atomic E-state index is 13.2. The predicted octanol–water partition coefficient (Wildman–Crippen LogP) is 14.4. The van der Waals surface area contributed by atoms with Gasteiger partial charge in [0.25, 0.3) is 0 Å². The van der Waals surface area contributed by atoms with Crippen LogP contribution in [0.4, 0.5) is 5.82 Å². The molecule has 0 amide bonds. The molecule has 3 rings (SSSR count). The van der Waals surface area contributed by atoms with Gasteiger partial charge < -0.3 is 39.6 Å². The van der Waals surface area contributed by atoms with Crippen LogP contribution < -0.4 is 11.1 Å². The molecule has 0 radical (unpaired) electrons. The molecule has 3 aromatic rings. The summed E-state index contributed by atoms with van der Waals surface area (Å²) in [5.74, 6) is 0.915. The van der Waals surface area contributed by atoms with Crippen LogP contribution in [0.25, 0.3) is 21.9 Å².